The van der Waals surface area contributed by atoms with Crippen molar-refractivity contribution in [3.63, 3.8) is 0 Å². The summed E-state index contributed by atoms with van der Waals surface area (Å²) in [7, 11) is 1.67. The molecule has 1 N–H and O–H groups in total. The van der Waals surface area contributed by atoms with E-state index in [1.54, 1.807) is 7.11 Å². The molecule has 24 heavy (non-hydrogen) atoms. The van der Waals surface area contributed by atoms with E-state index in [4.69, 9.17) is 4.74 Å². The Bertz CT molecular complexity index is 815. The average Bonchev–Trinajstić information content (AvgIpc) is 2.67. The Morgan fingerprint density at radius 1 is 0.792 bits per heavy atom. The van der Waals surface area contributed by atoms with Gasteiger partial charge < -0.3 is 10.1 Å². The molecule has 3 aromatic rings. The van der Waals surface area contributed by atoms with Crippen LogP contribution in [-0.4, -0.2) is 7.11 Å². The van der Waals surface area contributed by atoms with E-state index >= 15 is 0 Å². The topological polar surface area (TPSA) is 21.3 Å². The lowest BCUT2D eigenvalue weighted by Gasteiger charge is -2.15. The molecule has 0 saturated carbocycles. The number of benzene rings is 3. The van der Waals surface area contributed by atoms with E-state index in [-0.39, 0.29) is 6.04 Å². The van der Waals surface area contributed by atoms with E-state index in [1.807, 2.05) is 84.9 Å². The maximum atomic E-state index is 5.24. The zero-order chi connectivity index (χ0) is 16.6. The van der Waals surface area contributed by atoms with Crippen LogP contribution in [0.2, 0.25) is 0 Å². The maximum Gasteiger partial charge on any atom is 0.118 e. The van der Waals surface area contributed by atoms with Gasteiger partial charge in [-0.1, -0.05) is 60.4 Å². The summed E-state index contributed by atoms with van der Waals surface area (Å²) in [6, 6.07) is 28.0. The van der Waals surface area contributed by atoms with Crippen LogP contribution in [0.3, 0.4) is 0 Å². The van der Waals surface area contributed by atoms with Gasteiger partial charge in [-0.2, -0.15) is 0 Å². The minimum absolute atomic E-state index is 0.0986. The van der Waals surface area contributed by atoms with Crippen LogP contribution in [0.5, 0.6) is 5.75 Å². The van der Waals surface area contributed by atoms with Gasteiger partial charge >= 0.3 is 0 Å². The Hall–Kier alpha value is -3.18. The first-order chi connectivity index (χ1) is 11.8. The van der Waals surface area contributed by atoms with Crippen molar-refractivity contribution in [2.75, 3.05) is 12.4 Å². The Kier molecular flexibility index (Phi) is 5.17. The fourth-order valence-corrected chi connectivity index (χ4v) is 2.38. The summed E-state index contributed by atoms with van der Waals surface area (Å²) in [4.78, 5) is 0. The Balaban J connectivity index is 1.89. The van der Waals surface area contributed by atoms with E-state index in [2.05, 4.69) is 17.2 Å². The number of ether oxygens (including phenoxy) is 1. The van der Waals surface area contributed by atoms with Crippen molar-refractivity contribution in [2.45, 2.75) is 6.04 Å². The summed E-state index contributed by atoms with van der Waals surface area (Å²) in [6.45, 7) is 0. The number of rotatable bonds is 4. The highest BCUT2D eigenvalue weighted by molar-refractivity contribution is 5.49. The predicted octanol–water partition coefficient (Wildman–Crippen LogP) is 4.90. The van der Waals surface area contributed by atoms with Gasteiger partial charge in [0.1, 0.15) is 11.8 Å². The van der Waals surface area contributed by atoms with Crippen LogP contribution in [0.1, 0.15) is 17.2 Å². The third kappa shape index (κ3) is 4.18. The third-order valence-corrected chi connectivity index (χ3v) is 3.67. The monoisotopic (exact) mass is 313 g/mol. The quantitative estimate of drug-likeness (QED) is 0.692. The molecule has 1 atom stereocenters. The molecule has 118 valence electrons. The van der Waals surface area contributed by atoms with Gasteiger partial charge in [-0.25, -0.2) is 0 Å². The molecule has 1 unspecified atom stereocenters. The molecule has 0 spiro atoms. The van der Waals surface area contributed by atoms with Crippen LogP contribution in [0.25, 0.3) is 0 Å². The molecule has 3 aromatic carbocycles. The normalized spacial score (nSPS) is 11.0. The molecule has 0 radical (unpaired) electrons. The smallest absolute Gasteiger partial charge is 0.118 e. The fraction of sp³-hybridized carbons (Fsp3) is 0.0909. The highest BCUT2D eigenvalue weighted by atomic mass is 16.5. The van der Waals surface area contributed by atoms with Gasteiger partial charge in [-0.05, 0) is 42.0 Å². The first kappa shape index (κ1) is 15.7. The number of nitrogens with one attached hydrogen (secondary N) is 1. The van der Waals surface area contributed by atoms with E-state index in [0.29, 0.717) is 0 Å². The maximum absolute atomic E-state index is 5.24. The molecule has 2 nitrogen and oxygen atoms in total. The van der Waals surface area contributed by atoms with Crippen molar-refractivity contribution in [1.82, 2.24) is 0 Å². The van der Waals surface area contributed by atoms with Gasteiger partial charge in [0.15, 0.2) is 0 Å². The zero-order valence-electron chi connectivity index (χ0n) is 13.6. The number of methoxy groups -OCH3 is 1. The van der Waals surface area contributed by atoms with Crippen LogP contribution in [-0.2, 0) is 0 Å². The molecule has 0 bridgehead atoms. The summed E-state index contributed by atoms with van der Waals surface area (Å²) in [5.74, 6) is 7.43. The Labute approximate surface area is 143 Å². The molecule has 3 rings (SSSR count). The number of para-hydroxylation sites is 1. The first-order valence-corrected chi connectivity index (χ1v) is 7.87. The molecule has 0 aromatic heterocycles. The molecule has 0 aliphatic rings. The van der Waals surface area contributed by atoms with E-state index in [1.165, 1.54) is 0 Å². The van der Waals surface area contributed by atoms with Gasteiger partial charge in [0.2, 0.25) is 0 Å². The van der Waals surface area contributed by atoms with Gasteiger partial charge in [0.05, 0.1) is 7.11 Å². The standard InChI is InChI=1S/C22H19NO/c1-24-21-15-13-19(14-16-21)22(23-20-10-6-3-7-11-20)17-12-18-8-4-2-5-9-18/h2-11,13-16,22-23H,1H3. The number of anilines is 1. The SMILES string of the molecule is COc1ccc(C(C#Cc2ccccc2)Nc2ccccc2)cc1. The zero-order valence-corrected chi connectivity index (χ0v) is 13.6. The van der Waals surface area contributed by atoms with Crippen molar-refractivity contribution in [3.8, 4) is 17.6 Å². The Morgan fingerprint density at radius 3 is 2.04 bits per heavy atom. The van der Waals surface area contributed by atoms with Crippen LogP contribution >= 0.6 is 0 Å². The van der Waals surface area contributed by atoms with Gasteiger partial charge in [0, 0.05) is 11.3 Å². The molecular formula is C22H19NO. The van der Waals surface area contributed by atoms with Crippen LogP contribution in [0.15, 0.2) is 84.9 Å². The lowest BCUT2D eigenvalue weighted by atomic mass is 10.1. The lowest BCUT2D eigenvalue weighted by Crippen LogP contribution is -2.08. The fourth-order valence-electron chi connectivity index (χ4n) is 2.38. The molecule has 0 amide bonds. The summed E-state index contributed by atoms with van der Waals surface area (Å²) in [6.07, 6.45) is 0. The van der Waals surface area contributed by atoms with Gasteiger partial charge in [-0.15, -0.1) is 0 Å². The molecular weight excluding hydrogens is 294 g/mol. The molecule has 0 aliphatic heterocycles. The van der Waals surface area contributed by atoms with Crippen molar-refractivity contribution < 1.29 is 4.74 Å². The third-order valence-electron chi connectivity index (χ3n) is 3.67. The van der Waals surface area contributed by atoms with Crippen LogP contribution < -0.4 is 10.1 Å². The second-order valence-electron chi connectivity index (χ2n) is 5.35. The van der Waals surface area contributed by atoms with Crippen molar-refractivity contribution >= 4 is 5.69 Å². The van der Waals surface area contributed by atoms with Crippen molar-refractivity contribution in [1.29, 1.82) is 0 Å². The lowest BCUT2D eigenvalue weighted by molar-refractivity contribution is 0.414. The molecule has 0 aliphatic carbocycles. The Morgan fingerprint density at radius 2 is 1.42 bits per heavy atom. The summed E-state index contributed by atoms with van der Waals surface area (Å²) in [5.41, 5.74) is 3.15. The summed E-state index contributed by atoms with van der Waals surface area (Å²) < 4.78 is 5.24. The second kappa shape index (κ2) is 7.89. The van der Waals surface area contributed by atoms with Crippen LogP contribution in [0.4, 0.5) is 5.69 Å². The predicted molar refractivity (Wildman–Crippen MR) is 99.1 cm³/mol. The van der Waals surface area contributed by atoms with Gasteiger partial charge in [-0.3, -0.25) is 0 Å². The molecule has 0 fully saturated rings. The second-order valence-corrected chi connectivity index (χ2v) is 5.35. The minimum atomic E-state index is -0.0986. The van der Waals surface area contributed by atoms with Gasteiger partial charge in [0.25, 0.3) is 0 Å². The van der Waals surface area contributed by atoms with E-state index in [0.717, 1.165) is 22.6 Å². The first-order valence-electron chi connectivity index (χ1n) is 7.87. The van der Waals surface area contributed by atoms with Crippen LogP contribution in [0, 0.1) is 11.8 Å². The molecule has 2 heteroatoms. The largest absolute Gasteiger partial charge is 0.497 e. The summed E-state index contributed by atoms with van der Waals surface area (Å²) in [5, 5.41) is 3.49. The summed E-state index contributed by atoms with van der Waals surface area (Å²) >= 11 is 0. The highest BCUT2D eigenvalue weighted by Gasteiger charge is 2.08. The number of hydrogen-bond acceptors (Lipinski definition) is 2. The number of hydrogen-bond donors (Lipinski definition) is 1. The van der Waals surface area contributed by atoms with Crippen molar-refractivity contribution in [3.05, 3.63) is 96.1 Å². The molecule has 0 saturated heterocycles. The molecule has 0 heterocycles. The minimum Gasteiger partial charge on any atom is -0.497 e. The van der Waals surface area contributed by atoms with E-state index in [9.17, 15) is 0 Å². The van der Waals surface area contributed by atoms with E-state index < -0.39 is 0 Å². The highest BCUT2D eigenvalue weighted by Crippen LogP contribution is 2.21. The van der Waals surface area contributed by atoms with Crippen molar-refractivity contribution in [2.24, 2.45) is 0 Å². The average molecular weight is 313 g/mol.